The molecule has 0 unspecified atom stereocenters. The molecule has 36 heavy (non-hydrogen) atoms. The van der Waals surface area contributed by atoms with Crippen molar-refractivity contribution in [1.29, 1.82) is 0 Å². The summed E-state index contributed by atoms with van der Waals surface area (Å²) < 4.78 is 41.5. The molecule has 1 saturated heterocycles. The molecular weight excluding hydrogens is 528 g/mol. The number of nitrogens with zero attached hydrogens (tertiary/aromatic N) is 3. The van der Waals surface area contributed by atoms with Gasteiger partial charge in [-0.15, -0.1) is 12.4 Å². The van der Waals surface area contributed by atoms with Crippen molar-refractivity contribution in [3.8, 4) is 0 Å². The molecule has 9 nitrogen and oxygen atoms in total. The number of hydrogen-bond donors (Lipinski definition) is 4. The van der Waals surface area contributed by atoms with Crippen LogP contribution < -0.4 is 21.7 Å². The van der Waals surface area contributed by atoms with Crippen LogP contribution in [0.5, 0.6) is 0 Å². The van der Waals surface area contributed by atoms with E-state index in [1.54, 1.807) is 42.6 Å². The predicted molar refractivity (Wildman–Crippen MR) is 143 cm³/mol. The Hall–Kier alpha value is -2.54. The predicted octanol–water partition coefficient (Wildman–Crippen LogP) is 3.88. The van der Waals surface area contributed by atoms with Gasteiger partial charge in [-0.25, -0.2) is 17.8 Å². The van der Waals surface area contributed by atoms with E-state index in [9.17, 15) is 12.8 Å². The molecule has 3 aromatic rings. The Kier molecular flexibility index (Phi) is 9.83. The second-order valence-corrected chi connectivity index (χ2v) is 10.4. The summed E-state index contributed by atoms with van der Waals surface area (Å²) in [6, 6.07) is 12.3. The largest absolute Gasteiger partial charge is 0.340 e. The smallest absolute Gasteiger partial charge is 0.243 e. The summed E-state index contributed by atoms with van der Waals surface area (Å²) in [4.78, 5) is 8.79. The lowest BCUT2D eigenvalue weighted by Crippen LogP contribution is -2.47. The van der Waals surface area contributed by atoms with E-state index < -0.39 is 15.8 Å². The van der Waals surface area contributed by atoms with E-state index in [4.69, 9.17) is 17.3 Å². The fraction of sp³-hybridized carbons (Fsp3) is 0.304. The van der Waals surface area contributed by atoms with E-state index in [-0.39, 0.29) is 41.5 Å². The highest BCUT2D eigenvalue weighted by atomic mass is 35.5. The quantitative estimate of drug-likeness (QED) is 0.313. The summed E-state index contributed by atoms with van der Waals surface area (Å²) in [5, 5.41) is 9.36. The minimum absolute atomic E-state index is 0. The Bertz CT molecular complexity index is 1260. The molecule has 0 spiro atoms. The molecule has 0 amide bonds. The van der Waals surface area contributed by atoms with E-state index in [1.165, 1.54) is 16.4 Å². The highest BCUT2D eigenvalue weighted by molar-refractivity contribution is 7.89. The van der Waals surface area contributed by atoms with Crippen molar-refractivity contribution >= 4 is 57.2 Å². The number of nitrogens with one attached hydrogen (secondary N) is 3. The molecule has 13 heteroatoms. The number of aromatic nitrogens is 2. The average molecular weight is 556 g/mol. The number of hydrogen-bond acceptors (Lipinski definition) is 8. The average Bonchev–Trinajstić information content (AvgIpc) is 2.86. The Labute approximate surface area is 221 Å². The highest BCUT2D eigenvalue weighted by Crippen LogP contribution is 2.25. The zero-order valence-electron chi connectivity index (χ0n) is 19.3. The summed E-state index contributed by atoms with van der Waals surface area (Å²) in [5.74, 6) is 0.275. The van der Waals surface area contributed by atoms with E-state index >= 15 is 0 Å². The molecular formula is C23H28Cl2FN7O2S. The molecule has 0 aliphatic carbocycles. The van der Waals surface area contributed by atoms with Crippen LogP contribution in [0.25, 0.3) is 0 Å². The SMILES string of the molecule is Cl.NCCN(C1CCNCC1)S(=O)(=O)c1ccc(Nc2nccc(Nc3ccc(F)c(Cl)c3)n2)cc1. The molecule has 0 atom stereocenters. The van der Waals surface area contributed by atoms with Gasteiger partial charge in [0.1, 0.15) is 11.6 Å². The van der Waals surface area contributed by atoms with Crippen molar-refractivity contribution in [2.75, 3.05) is 36.8 Å². The fourth-order valence-corrected chi connectivity index (χ4v) is 5.79. The van der Waals surface area contributed by atoms with Crippen molar-refractivity contribution in [3.05, 3.63) is 65.6 Å². The number of halogens is 3. The van der Waals surface area contributed by atoms with Crippen molar-refractivity contribution in [2.24, 2.45) is 5.73 Å². The Morgan fingerprint density at radius 1 is 1.08 bits per heavy atom. The van der Waals surface area contributed by atoms with Crippen LogP contribution in [0.4, 0.5) is 27.5 Å². The molecule has 1 aromatic heterocycles. The highest BCUT2D eigenvalue weighted by Gasteiger charge is 2.31. The van der Waals surface area contributed by atoms with Crippen LogP contribution in [-0.2, 0) is 10.0 Å². The van der Waals surface area contributed by atoms with Crippen molar-refractivity contribution in [2.45, 2.75) is 23.8 Å². The van der Waals surface area contributed by atoms with Crippen LogP contribution in [0.2, 0.25) is 5.02 Å². The van der Waals surface area contributed by atoms with E-state index in [2.05, 4.69) is 25.9 Å². The summed E-state index contributed by atoms with van der Waals surface area (Å²) in [7, 11) is -3.68. The first-order valence-electron chi connectivity index (χ1n) is 11.2. The minimum atomic E-state index is -3.68. The molecule has 1 aliphatic heterocycles. The van der Waals surface area contributed by atoms with Crippen LogP contribution in [0.15, 0.2) is 59.6 Å². The number of rotatable bonds is 9. The summed E-state index contributed by atoms with van der Waals surface area (Å²) >= 11 is 5.83. The molecule has 2 aromatic carbocycles. The zero-order valence-corrected chi connectivity index (χ0v) is 21.7. The van der Waals surface area contributed by atoms with Gasteiger partial charge in [-0.2, -0.15) is 9.29 Å². The molecule has 2 heterocycles. The third-order valence-electron chi connectivity index (χ3n) is 5.63. The summed E-state index contributed by atoms with van der Waals surface area (Å²) in [5.41, 5.74) is 6.92. The zero-order chi connectivity index (χ0) is 24.8. The molecule has 1 fully saturated rings. The maximum atomic E-state index is 13.4. The van der Waals surface area contributed by atoms with E-state index in [0.29, 0.717) is 23.1 Å². The van der Waals surface area contributed by atoms with Gasteiger partial charge in [0.25, 0.3) is 0 Å². The lowest BCUT2D eigenvalue weighted by Gasteiger charge is -2.33. The molecule has 0 radical (unpaired) electrons. The van der Waals surface area contributed by atoms with Crippen molar-refractivity contribution < 1.29 is 12.8 Å². The lowest BCUT2D eigenvalue weighted by atomic mass is 10.1. The molecule has 5 N–H and O–H groups in total. The first kappa shape index (κ1) is 28.0. The maximum Gasteiger partial charge on any atom is 0.243 e. The monoisotopic (exact) mass is 555 g/mol. The third kappa shape index (κ3) is 6.81. The Morgan fingerprint density at radius 3 is 2.44 bits per heavy atom. The fourth-order valence-electron chi connectivity index (χ4n) is 3.91. The van der Waals surface area contributed by atoms with E-state index in [1.807, 2.05) is 0 Å². The molecule has 194 valence electrons. The number of anilines is 4. The lowest BCUT2D eigenvalue weighted by molar-refractivity contribution is 0.266. The standard InChI is InChI=1S/C23H27ClFN7O2S.ClH/c24-20-15-17(3-6-21(20)25)29-22-9-13-28-23(31-22)30-16-1-4-19(5-2-16)35(33,34)32(14-10-26)18-7-11-27-12-8-18;/h1-6,9,13,15,18,27H,7-8,10-12,14,26H2,(H2,28,29,30,31);1H. The van der Waals surface area contributed by atoms with E-state index in [0.717, 1.165) is 25.9 Å². The first-order valence-corrected chi connectivity index (χ1v) is 13.0. The van der Waals surface area contributed by atoms with Gasteiger partial charge in [0.15, 0.2) is 0 Å². The van der Waals surface area contributed by atoms with Crippen LogP contribution in [-0.4, -0.2) is 54.9 Å². The van der Waals surface area contributed by atoms with Gasteiger partial charge in [-0.3, -0.25) is 0 Å². The van der Waals surface area contributed by atoms with Gasteiger partial charge < -0.3 is 21.7 Å². The van der Waals surface area contributed by atoms with Crippen molar-refractivity contribution in [1.82, 2.24) is 19.6 Å². The van der Waals surface area contributed by atoms with Crippen LogP contribution in [0.3, 0.4) is 0 Å². The van der Waals surface area contributed by atoms with Crippen LogP contribution in [0, 0.1) is 5.82 Å². The van der Waals surface area contributed by atoms with Gasteiger partial charge >= 0.3 is 0 Å². The number of benzene rings is 2. The first-order chi connectivity index (χ1) is 16.9. The maximum absolute atomic E-state index is 13.4. The Balaban J connectivity index is 0.00000361. The van der Waals surface area contributed by atoms with Gasteiger partial charge in [0.05, 0.1) is 9.92 Å². The van der Waals surface area contributed by atoms with Crippen LogP contribution >= 0.6 is 24.0 Å². The van der Waals surface area contributed by atoms with Gasteiger partial charge in [-0.1, -0.05) is 11.6 Å². The summed E-state index contributed by atoms with van der Waals surface area (Å²) in [6.45, 7) is 2.10. The number of nitrogens with two attached hydrogens (primary N) is 1. The normalized spacial score (nSPS) is 14.3. The number of piperidine rings is 1. The summed E-state index contributed by atoms with van der Waals surface area (Å²) in [6.07, 6.45) is 3.07. The van der Waals surface area contributed by atoms with Crippen LogP contribution in [0.1, 0.15) is 12.8 Å². The van der Waals surface area contributed by atoms with Gasteiger partial charge in [0.2, 0.25) is 16.0 Å². The molecule has 4 rings (SSSR count). The molecule has 1 aliphatic rings. The molecule has 0 bridgehead atoms. The Morgan fingerprint density at radius 2 is 1.78 bits per heavy atom. The second kappa shape index (κ2) is 12.6. The molecule has 0 saturated carbocycles. The number of sulfonamides is 1. The second-order valence-electron chi connectivity index (χ2n) is 8.05. The van der Waals surface area contributed by atoms with Crippen molar-refractivity contribution in [3.63, 3.8) is 0 Å². The van der Waals surface area contributed by atoms with Gasteiger partial charge in [0, 0.05) is 36.7 Å². The third-order valence-corrected chi connectivity index (χ3v) is 7.89. The van der Waals surface area contributed by atoms with Gasteiger partial charge in [-0.05, 0) is 74.5 Å². The topological polar surface area (TPSA) is 125 Å². The minimum Gasteiger partial charge on any atom is -0.340 e.